The molecule has 123 valence electrons. The molecule has 0 unspecified atom stereocenters. The Morgan fingerprint density at radius 3 is 1.38 bits per heavy atom. The van der Waals surface area contributed by atoms with Gasteiger partial charge in [0.2, 0.25) is 0 Å². The van der Waals surface area contributed by atoms with E-state index < -0.39 is 14.7 Å². The van der Waals surface area contributed by atoms with Gasteiger partial charge in [-0.2, -0.15) is 0 Å². The van der Waals surface area contributed by atoms with Crippen LogP contribution in [0.15, 0.2) is 22.5 Å². The normalized spacial score (nSPS) is 15.6. The molecular weight excluding hydrogens is 297 g/mol. The van der Waals surface area contributed by atoms with E-state index in [-0.39, 0.29) is 0 Å². The summed E-state index contributed by atoms with van der Waals surface area (Å²) in [5.41, 5.74) is 0. The minimum absolute atomic E-state index is 1.15. The molecule has 0 radical (unpaired) electrons. The Balaban J connectivity index is 3.45. The van der Waals surface area contributed by atoms with Gasteiger partial charge >= 0.3 is 136 Å². The van der Waals surface area contributed by atoms with Crippen LogP contribution in [0.5, 0.6) is 0 Å². The molecule has 0 fully saturated rings. The van der Waals surface area contributed by atoms with E-state index >= 15 is 0 Å². The standard InChI is InChI=1S/C5H5.3C4H10N.V/c1-2-4-5-3-1;3*1-3-5-4-2;/h1-3H,4H2;3*3-4H2,1-2H3;/q;3*-1;+3. The van der Waals surface area contributed by atoms with Crippen molar-refractivity contribution in [2.75, 3.05) is 39.3 Å². The molecular formula is C17H35N3V. The summed E-state index contributed by atoms with van der Waals surface area (Å²) in [6, 6.07) is 0. The van der Waals surface area contributed by atoms with E-state index in [1.807, 2.05) is 0 Å². The van der Waals surface area contributed by atoms with Crippen LogP contribution in [0.2, 0.25) is 0 Å². The second kappa shape index (κ2) is 9.17. The Bertz CT molecular complexity index is 322. The maximum absolute atomic E-state index is 2.80. The van der Waals surface area contributed by atoms with Gasteiger partial charge in [-0.3, -0.25) is 0 Å². The van der Waals surface area contributed by atoms with Gasteiger partial charge in [0.1, 0.15) is 0 Å². The molecule has 0 aromatic heterocycles. The topological polar surface area (TPSA) is 9.72 Å². The molecule has 0 aliphatic heterocycles. The van der Waals surface area contributed by atoms with Crippen LogP contribution in [-0.2, 0) is 14.7 Å². The zero-order chi connectivity index (χ0) is 15.9. The fourth-order valence-corrected chi connectivity index (χ4v) is 11.7. The van der Waals surface area contributed by atoms with Crippen molar-refractivity contribution in [2.24, 2.45) is 0 Å². The summed E-state index contributed by atoms with van der Waals surface area (Å²) in [5, 5.41) is 0. The van der Waals surface area contributed by atoms with Gasteiger partial charge in [0.25, 0.3) is 0 Å². The molecule has 1 aliphatic carbocycles. The van der Waals surface area contributed by atoms with E-state index in [9.17, 15) is 0 Å². The Morgan fingerprint density at radius 1 is 0.762 bits per heavy atom. The number of nitrogens with zero attached hydrogens (tertiary/aromatic N) is 3. The maximum atomic E-state index is 2.80. The van der Waals surface area contributed by atoms with E-state index in [2.05, 4.69) is 71.0 Å². The van der Waals surface area contributed by atoms with Crippen LogP contribution in [0.4, 0.5) is 0 Å². The molecule has 0 amide bonds. The first-order valence-electron chi connectivity index (χ1n) is 8.68. The van der Waals surface area contributed by atoms with Crippen molar-refractivity contribution in [3.63, 3.8) is 0 Å². The monoisotopic (exact) mass is 332 g/mol. The summed E-state index contributed by atoms with van der Waals surface area (Å²) in [6.45, 7) is 20.9. The van der Waals surface area contributed by atoms with Crippen LogP contribution in [0.1, 0.15) is 48.0 Å². The predicted octanol–water partition coefficient (Wildman–Crippen LogP) is 3.75. The predicted molar refractivity (Wildman–Crippen MR) is 90.6 cm³/mol. The summed E-state index contributed by atoms with van der Waals surface area (Å²) in [5.74, 6) is 0. The van der Waals surface area contributed by atoms with E-state index in [4.69, 9.17) is 0 Å². The van der Waals surface area contributed by atoms with Crippen LogP contribution in [-0.4, -0.2) is 50.5 Å². The molecule has 21 heavy (non-hydrogen) atoms. The molecule has 1 aliphatic rings. The number of rotatable bonds is 10. The average Bonchev–Trinajstić information content (AvgIpc) is 3.04. The van der Waals surface area contributed by atoms with Crippen molar-refractivity contribution in [1.29, 1.82) is 0 Å². The van der Waals surface area contributed by atoms with Crippen LogP contribution >= 0.6 is 0 Å². The average molecular weight is 332 g/mol. The molecule has 4 heteroatoms. The van der Waals surface area contributed by atoms with E-state index in [0.717, 1.165) is 45.7 Å². The van der Waals surface area contributed by atoms with Crippen molar-refractivity contribution in [3.8, 4) is 0 Å². The zero-order valence-corrected chi connectivity index (χ0v) is 16.4. The van der Waals surface area contributed by atoms with Crippen molar-refractivity contribution in [2.45, 2.75) is 48.0 Å². The molecule has 0 aromatic rings. The summed E-state index contributed by atoms with van der Waals surface area (Å²) < 4.78 is 10.1. The Morgan fingerprint density at radius 2 is 1.14 bits per heavy atom. The minimum atomic E-state index is -2.40. The molecule has 0 saturated carbocycles. The fraction of sp³-hybridized carbons (Fsp3) is 0.765. The third kappa shape index (κ3) is 3.48. The Labute approximate surface area is 136 Å². The quantitative estimate of drug-likeness (QED) is 0.603. The van der Waals surface area contributed by atoms with Gasteiger partial charge in [0.15, 0.2) is 0 Å². The number of hydrogen-bond donors (Lipinski definition) is 0. The molecule has 0 atom stereocenters. The van der Waals surface area contributed by atoms with Gasteiger partial charge in [-0.05, 0) is 0 Å². The van der Waals surface area contributed by atoms with Gasteiger partial charge in [0.05, 0.1) is 0 Å². The molecule has 0 spiro atoms. The second-order valence-corrected chi connectivity index (χ2v) is 10.6. The first-order valence-corrected chi connectivity index (χ1v) is 11.3. The zero-order valence-electron chi connectivity index (χ0n) is 15.0. The molecule has 0 saturated heterocycles. The molecule has 0 N–H and O–H groups in total. The van der Waals surface area contributed by atoms with Crippen LogP contribution in [0, 0.1) is 0 Å². The van der Waals surface area contributed by atoms with Gasteiger partial charge in [-0.25, -0.2) is 0 Å². The van der Waals surface area contributed by atoms with Gasteiger partial charge < -0.3 is 0 Å². The SMILES string of the molecule is CC[N](CC)[V]([C]1=CC=CC1)([N](CC)CC)[N](CC)CC. The molecule has 0 bridgehead atoms. The van der Waals surface area contributed by atoms with Crippen molar-refractivity contribution in [1.82, 2.24) is 11.2 Å². The first kappa shape index (κ1) is 19.0. The van der Waals surface area contributed by atoms with Crippen LogP contribution < -0.4 is 0 Å². The van der Waals surface area contributed by atoms with Gasteiger partial charge in [-0.1, -0.05) is 0 Å². The van der Waals surface area contributed by atoms with Gasteiger partial charge in [-0.15, -0.1) is 0 Å². The van der Waals surface area contributed by atoms with E-state index in [1.54, 1.807) is 4.28 Å². The van der Waals surface area contributed by atoms with Crippen LogP contribution in [0.3, 0.4) is 0 Å². The Hall–Kier alpha value is -0.0556. The molecule has 0 heterocycles. The number of hydrogen-bond acceptors (Lipinski definition) is 3. The van der Waals surface area contributed by atoms with Crippen molar-refractivity contribution < 1.29 is 14.7 Å². The van der Waals surface area contributed by atoms with Crippen LogP contribution in [0.25, 0.3) is 0 Å². The summed E-state index contributed by atoms with van der Waals surface area (Å²) in [7, 11) is 0. The third-order valence-electron chi connectivity index (χ3n) is 4.51. The number of allylic oxidation sites excluding steroid dienone is 4. The Kier molecular flexibility index (Phi) is 8.29. The van der Waals surface area contributed by atoms with E-state index in [0.29, 0.717) is 0 Å². The first-order chi connectivity index (χ1) is 10.2. The summed E-state index contributed by atoms with van der Waals surface area (Å²) in [6.07, 6.45) is 8.17. The summed E-state index contributed by atoms with van der Waals surface area (Å²) in [4.78, 5) is 0. The van der Waals surface area contributed by atoms with E-state index in [1.165, 1.54) is 0 Å². The van der Waals surface area contributed by atoms with Crippen molar-refractivity contribution in [3.05, 3.63) is 22.5 Å². The van der Waals surface area contributed by atoms with Crippen molar-refractivity contribution >= 4 is 0 Å². The van der Waals surface area contributed by atoms with Gasteiger partial charge in [0, 0.05) is 0 Å². The summed E-state index contributed by atoms with van der Waals surface area (Å²) >= 11 is -2.40. The third-order valence-corrected chi connectivity index (χ3v) is 12.6. The molecule has 1 rings (SSSR count). The molecule has 0 aromatic carbocycles. The molecule has 3 nitrogen and oxygen atoms in total. The fourth-order valence-electron chi connectivity index (χ4n) is 3.59. The second-order valence-electron chi connectivity index (χ2n) is 5.28.